The number of para-hydroxylation sites is 1. The van der Waals surface area contributed by atoms with Gasteiger partial charge >= 0.3 is 0 Å². The Morgan fingerprint density at radius 1 is 1.42 bits per heavy atom. The molecule has 1 aromatic carbocycles. The predicted molar refractivity (Wildman–Crippen MR) is 69.3 cm³/mol. The Labute approximate surface area is 111 Å². The van der Waals surface area contributed by atoms with Crippen molar-refractivity contribution in [2.24, 2.45) is 0 Å². The molecule has 7 nitrogen and oxygen atoms in total. The Kier molecular flexibility index (Phi) is 3.83. The average Bonchev–Trinajstić information content (AvgIpc) is 2.38. The highest BCUT2D eigenvalue weighted by Crippen LogP contribution is 2.26. The summed E-state index contributed by atoms with van der Waals surface area (Å²) in [6.45, 7) is 3.05. The first-order valence-corrected chi connectivity index (χ1v) is 7.34. The summed E-state index contributed by atoms with van der Waals surface area (Å²) >= 11 is 0. The number of nitro benzene ring substituents is 1. The minimum atomic E-state index is -3.82. The van der Waals surface area contributed by atoms with E-state index in [1.165, 1.54) is 28.6 Å². The summed E-state index contributed by atoms with van der Waals surface area (Å²) in [6, 6.07) is 5.47. The van der Waals surface area contributed by atoms with Crippen LogP contribution in [0.4, 0.5) is 5.69 Å². The molecule has 1 aliphatic heterocycles. The zero-order valence-corrected chi connectivity index (χ0v) is 11.3. The van der Waals surface area contributed by atoms with Gasteiger partial charge in [0, 0.05) is 31.7 Å². The number of rotatable bonds is 3. The summed E-state index contributed by atoms with van der Waals surface area (Å²) in [6.07, 6.45) is 0. The van der Waals surface area contributed by atoms with Gasteiger partial charge in [0.15, 0.2) is 4.90 Å². The molecule has 1 N–H and O–H groups in total. The van der Waals surface area contributed by atoms with Crippen LogP contribution in [-0.2, 0) is 10.0 Å². The lowest BCUT2D eigenvalue weighted by Gasteiger charge is -2.30. The summed E-state index contributed by atoms with van der Waals surface area (Å²) < 4.78 is 26.2. The number of nitrogens with zero attached hydrogens (tertiary/aromatic N) is 2. The number of benzene rings is 1. The van der Waals surface area contributed by atoms with Crippen molar-refractivity contribution in [1.29, 1.82) is 0 Å². The van der Waals surface area contributed by atoms with E-state index in [1.54, 1.807) is 0 Å². The number of hydrogen-bond donors (Lipinski definition) is 1. The molecule has 2 rings (SSSR count). The third-order valence-corrected chi connectivity index (χ3v) is 4.92. The van der Waals surface area contributed by atoms with E-state index in [0.29, 0.717) is 19.6 Å². The van der Waals surface area contributed by atoms with Gasteiger partial charge in [0.05, 0.1) is 4.92 Å². The zero-order chi connectivity index (χ0) is 14.0. The van der Waals surface area contributed by atoms with E-state index in [9.17, 15) is 18.5 Å². The zero-order valence-electron chi connectivity index (χ0n) is 10.4. The van der Waals surface area contributed by atoms with Gasteiger partial charge in [0.2, 0.25) is 10.0 Å². The van der Waals surface area contributed by atoms with Crippen LogP contribution in [0.15, 0.2) is 29.2 Å². The molecule has 1 atom stereocenters. The summed E-state index contributed by atoms with van der Waals surface area (Å²) in [5, 5.41) is 14.1. The van der Waals surface area contributed by atoms with Gasteiger partial charge in [-0.1, -0.05) is 12.1 Å². The fraction of sp³-hybridized carbons (Fsp3) is 0.455. The van der Waals surface area contributed by atoms with Crippen molar-refractivity contribution >= 4 is 15.7 Å². The van der Waals surface area contributed by atoms with Crippen molar-refractivity contribution in [2.75, 3.05) is 19.6 Å². The van der Waals surface area contributed by atoms with E-state index in [1.807, 2.05) is 6.92 Å². The van der Waals surface area contributed by atoms with Gasteiger partial charge in [0.1, 0.15) is 0 Å². The summed E-state index contributed by atoms with van der Waals surface area (Å²) in [5.74, 6) is 0. The van der Waals surface area contributed by atoms with Crippen LogP contribution in [-0.4, -0.2) is 43.3 Å². The van der Waals surface area contributed by atoms with Gasteiger partial charge in [0.25, 0.3) is 5.69 Å². The first-order valence-electron chi connectivity index (χ1n) is 5.90. The minimum absolute atomic E-state index is 0.0336. The van der Waals surface area contributed by atoms with E-state index in [-0.39, 0.29) is 16.6 Å². The Morgan fingerprint density at radius 3 is 2.74 bits per heavy atom. The van der Waals surface area contributed by atoms with E-state index in [4.69, 9.17) is 0 Å². The third kappa shape index (κ3) is 2.75. The van der Waals surface area contributed by atoms with Crippen LogP contribution in [0.25, 0.3) is 0 Å². The first-order chi connectivity index (χ1) is 8.93. The number of sulfonamides is 1. The largest absolute Gasteiger partial charge is 0.312 e. The Morgan fingerprint density at radius 2 is 2.11 bits per heavy atom. The van der Waals surface area contributed by atoms with Crippen molar-refractivity contribution in [3.05, 3.63) is 34.4 Å². The quantitative estimate of drug-likeness (QED) is 0.647. The molecule has 1 aliphatic rings. The fourth-order valence-corrected chi connectivity index (χ4v) is 3.77. The Balaban J connectivity index is 2.42. The maximum Gasteiger partial charge on any atom is 0.289 e. The smallest absolute Gasteiger partial charge is 0.289 e. The highest BCUT2D eigenvalue weighted by molar-refractivity contribution is 7.89. The third-order valence-electron chi connectivity index (χ3n) is 3.01. The van der Waals surface area contributed by atoms with Crippen LogP contribution in [0.1, 0.15) is 6.92 Å². The molecule has 0 spiro atoms. The Hall–Kier alpha value is -1.51. The van der Waals surface area contributed by atoms with Gasteiger partial charge < -0.3 is 5.32 Å². The lowest BCUT2D eigenvalue weighted by Crippen LogP contribution is -2.51. The maximum atomic E-state index is 12.5. The van der Waals surface area contributed by atoms with Crippen LogP contribution in [0.2, 0.25) is 0 Å². The average molecular weight is 285 g/mol. The molecule has 19 heavy (non-hydrogen) atoms. The number of piperazine rings is 1. The van der Waals surface area contributed by atoms with Crippen molar-refractivity contribution in [1.82, 2.24) is 9.62 Å². The van der Waals surface area contributed by atoms with Crippen LogP contribution < -0.4 is 5.32 Å². The second-order valence-corrected chi connectivity index (χ2v) is 6.35. The predicted octanol–water partition coefficient (Wildman–Crippen LogP) is 0.577. The number of nitrogens with one attached hydrogen (secondary N) is 1. The van der Waals surface area contributed by atoms with Crippen molar-refractivity contribution in [3.63, 3.8) is 0 Å². The lowest BCUT2D eigenvalue weighted by atomic mass is 10.3. The first kappa shape index (κ1) is 13.9. The monoisotopic (exact) mass is 285 g/mol. The summed E-state index contributed by atoms with van der Waals surface area (Å²) in [5.41, 5.74) is -0.381. The second kappa shape index (κ2) is 5.24. The molecule has 104 valence electrons. The van der Waals surface area contributed by atoms with Gasteiger partial charge in [-0.05, 0) is 13.0 Å². The standard InChI is InChI=1S/C11H15N3O4S/c1-9-8-13(7-6-12-9)19(17,18)11-5-3-2-4-10(11)14(15)16/h2-5,9,12H,6-8H2,1H3/t9-/m0/s1. The molecule has 1 heterocycles. The molecule has 0 aromatic heterocycles. The number of nitro groups is 1. The lowest BCUT2D eigenvalue weighted by molar-refractivity contribution is -0.387. The van der Waals surface area contributed by atoms with Gasteiger partial charge in [-0.3, -0.25) is 10.1 Å². The van der Waals surface area contributed by atoms with E-state index >= 15 is 0 Å². The molecule has 1 aromatic rings. The molecule has 0 saturated carbocycles. The fourth-order valence-electron chi connectivity index (χ4n) is 2.08. The van der Waals surface area contributed by atoms with Crippen LogP contribution >= 0.6 is 0 Å². The van der Waals surface area contributed by atoms with Gasteiger partial charge in [-0.15, -0.1) is 0 Å². The molecular weight excluding hydrogens is 270 g/mol. The van der Waals surface area contributed by atoms with Crippen molar-refractivity contribution < 1.29 is 13.3 Å². The highest BCUT2D eigenvalue weighted by atomic mass is 32.2. The van der Waals surface area contributed by atoms with E-state index in [0.717, 1.165) is 0 Å². The minimum Gasteiger partial charge on any atom is -0.312 e. The summed E-state index contributed by atoms with van der Waals surface area (Å²) in [4.78, 5) is 10.0. The molecule has 0 bridgehead atoms. The van der Waals surface area contributed by atoms with Crippen LogP contribution in [0.3, 0.4) is 0 Å². The SMILES string of the molecule is C[C@H]1CN(S(=O)(=O)c2ccccc2[N+](=O)[O-])CCN1. The van der Waals surface area contributed by atoms with Crippen molar-refractivity contribution in [3.8, 4) is 0 Å². The van der Waals surface area contributed by atoms with E-state index in [2.05, 4.69) is 5.32 Å². The van der Waals surface area contributed by atoms with Crippen LogP contribution in [0, 0.1) is 10.1 Å². The molecule has 0 amide bonds. The number of hydrogen-bond acceptors (Lipinski definition) is 5. The van der Waals surface area contributed by atoms with Gasteiger partial charge in [-0.25, -0.2) is 8.42 Å². The normalized spacial score (nSPS) is 21.2. The van der Waals surface area contributed by atoms with Gasteiger partial charge in [-0.2, -0.15) is 4.31 Å². The van der Waals surface area contributed by atoms with Crippen LogP contribution in [0.5, 0.6) is 0 Å². The van der Waals surface area contributed by atoms with Crippen molar-refractivity contribution in [2.45, 2.75) is 17.9 Å². The maximum absolute atomic E-state index is 12.5. The molecule has 1 fully saturated rings. The molecule has 0 unspecified atom stereocenters. The summed E-state index contributed by atoms with van der Waals surface area (Å²) in [7, 11) is -3.82. The molecule has 1 saturated heterocycles. The molecular formula is C11H15N3O4S. The molecule has 0 aliphatic carbocycles. The second-order valence-electron chi connectivity index (χ2n) is 4.44. The molecule has 0 radical (unpaired) electrons. The highest BCUT2D eigenvalue weighted by Gasteiger charge is 2.33. The Bertz CT molecular complexity index is 587. The van der Waals surface area contributed by atoms with E-state index < -0.39 is 14.9 Å². The topological polar surface area (TPSA) is 92.5 Å². The molecule has 8 heteroatoms.